The monoisotopic (exact) mass is 403 g/mol. The second-order valence-corrected chi connectivity index (χ2v) is 7.55. The maximum absolute atomic E-state index is 14.3. The Balaban J connectivity index is 1.64. The number of benzene rings is 1. The molecule has 3 aromatic rings. The fourth-order valence-electron chi connectivity index (χ4n) is 3.49. The van der Waals surface area contributed by atoms with E-state index in [1.165, 1.54) is 12.1 Å². The van der Waals surface area contributed by atoms with Crippen LogP contribution in [-0.4, -0.2) is 39.0 Å². The average molecular weight is 403 g/mol. The van der Waals surface area contributed by atoms with Crippen LogP contribution < -0.4 is 10.2 Å². The standard InChI is InChI=1S/C20H20F3N5O/c1-11-17-15(6-13(8-24-17)28-9-20(2,29)10-28)19(27-26-11)25-7-12-4-3-5-14(16(12)21)18(22)23/h3-6,8,18,29H,7,9-10H2,1-2H3,(H,25,27). The molecule has 152 valence electrons. The van der Waals surface area contributed by atoms with Gasteiger partial charge in [-0.1, -0.05) is 18.2 Å². The molecule has 9 heteroatoms. The molecule has 2 N–H and O–H groups in total. The third kappa shape index (κ3) is 3.69. The zero-order chi connectivity index (χ0) is 20.8. The molecule has 0 saturated carbocycles. The summed E-state index contributed by atoms with van der Waals surface area (Å²) in [5, 5.41) is 21.9. The number of β-amino-alcohol motifs (C(OH)–C–C–N with tert-alkyl or cyclic N) is 1. The van der Waals surface area contributed by atoms with Crippen LogP contribution in [0, 0.1) is 12.7 Å². The third-order valence-electron chi connectivity index (χ3n) is 4.99. The molecular weight excluding hydrogens is 383 g/mol. The molecule has 1 aliphatic rings. The van der Waals surface area contributed by atoms with E-state index in [4.69, 9.17) is 0 Å². The van der Waals surface area contributed by atoms with Crippen molar-refractivity contribution in [1.29, 1.82) is 0 Å². The van der Waals surface area contributed by atoms with E-state index in [1.807, 2.05) is 11.0 Å². The Bertz CT molecular complexity index is 1070. The van der Waals surface area contributed by atoms with Crippen molar-refractivity contribution in [1.82, 2.24) is 15.2 Å². The van der Waals surface area contributed by atoms with Gasteiger partial charge < -0.3 is 15.3 Å². The fourth-order valence-corrected chi connectivity index (χ4v) is 3.49. The van der Waals surface area contributed by atoms with Gasteiger partial charge in [-0.25, -0.2) is 13.2 Å². The number of aryl methyl sites for hydroxylation is 1. The molecule has 1 aliphatic heterocycles. The van der Waals surface area contributed by atoms with Crippen molar-refractivity contribution in [3.63, 3.8) is 0 Å². The van der Waals surface area contributed by atoms with Gasteiger partial charge in [-0.3, -0.25) is 4.98 Å². The minimum Gasteiger partial charge on any atom is -0.386 e. The molecular formula is C20H20F3N5O. The molecule has 6 nitrogen and oxygen atoms in total. The van der Waals surface area contributed by atoms with Crippen LogP contribution in [0.3, 0.4) is 0 Å². The van der Waals surface area contributed by atoms with E-state index in [0.29, 0.717) is 35.5 Å². The van der Waals surface area contributed by atoms with Gasteiger partial charge in [0.15, 0.2) is 5.82 Å². The normalized spacial score (nSPS) is 15.6. The molecule has 1 aromatic carbocycles. The zero-order valence-electron chi connectivity index (χ0n) is 16.0. The lowest BCUT2D eigenvalue weighted by atomic mass is 9.96. The molecule has 0 bridgehead atoms. The van der Waals surface area contributed by atoms with E-state index >= 15 is 0 Å². The SMILES string of the molecule is Cc1nnc(NCc2cccc(C(F)F)c2F)c2cc(N3CC(C)(O)C3)cnc12. The first-order valence-corrected chi connectivity index (χ1v) is 9.15. The second-order valence-electron chi connectivity index (χ2n) is 7.55. The van der Waals surface area contributed by atoms with Crippen molar-refractivity contribution in [2.75, 3.05) is 23.3 Å². The van der Waals surface area contributed by atoms with E-state index in [9.17, 15) is 18.3 Å². The summed E-state index contributed by atoms with van der Waals surface area (Å²) in [6, 6.07) is 5.80. The van der Waals surface area contributed by atoms with Gasteiger partial charge in [0.1, 0.15) is 5.82 Å². The van der Waals surface area contributed by atoms with Gasteiger partial charge in [-0.05, 0) is 19.9 Å². The summed E-state index contributed by atoms with van der Waals surface area (Å²) in [5.41, 5.74) is 0.860. The van der Waals surface area contributed by atoms with Crippen molar-refractivity contribution >= 4 is 22.4 Å². The quantitative estimate of drug-likeness (QED) is 0.678. The van der Waals surface area contributed by atoms with Crippen molar-refractivity contribution in [2.45, 2.75) is 32.4 Å². The number of aliphatic hydroxyl groups is 1. The summed E-state index contributed by atoms with van der Waals surface area (Å²) < 4.78 is 40.1. The predicted molar refractivity (Wildman–Crippen MR) is 104 cm³/mol. The zero-order valence-corrected chi connectivity index (χ0v) is 16.0. The Morgan fingerprint density at radius 1 is 1.28 bits per heavy atom. The topological polar surface area (TPSA) is 74.2 Å². The molecule has 0 unspecified atom stereocenters. The number of anilines is 2. The number of nitrogens with zero attached hydrogens (tertiary/aromatic N) is 4. The van der Waals surface area contributed by atoms with Crippen molar-refractivity contribution in [3.8, 4) is 0 Å². The van der Waals surface area contributed by atoms with Crippen LogP contribution in [0.15, 0.2) is 30.5 Å². The Kier molecular flexibility index (Phi) is 4.77. The number of aromatic nitrogens is 3. The van der Waals surface area contributed by atoms with E-state index in [1.54, 1.807) is 20.0 Å². The van der Waals surface area contributed by atoms with Crippen LogP contribution in [0.1, 0.15) is 30.2 Å². The van der Waals surface area contributed by atoms with Gasteiger partial charge >= 0.3 is 0 Å². The van der Waals surface area contributed by atoms with Crippen molar-refractivity contribution in [2.24, 2.45) is 0 Å². The minimum atomic E-state index is -2.88. The number of hydrogen-bond acceptors (Lipinski definition) is 6. The molecule has 4 rings (SSSR count). The third-order valence-corrected chi connectivity index (χ3v) is 4.99. The lowest BCUT2D eigenvalue weighted by Crippen LogP contribution is -2.60. The second kappa shape index (κ2) is 7.14. The minimum absolute atomic E-state index is 0.0259. The Morgan fingerprint density at radius 3 is 2.72 bits per heavy atom. The molecule has 0 amide bonds. The largest absolute Gasteiger partial charge is 0.386 e. The number of alkyl halides is 2. The summed E-state index contributed by atoms with van der Waals surface area (Å²) in [6.07, 6.45) is -1.17. The number of rotatable bonds is 5. The van der Waals surface area contributed by atoms with E-state index in [2.05, 4.69) is 20.5 Å². The first kappa shape index (κ1) is 19.4. The lowest BCUT2D eigenvalue weighted by Gasteiger charge is -2.45. The maximum Gasteiger partial charge on any atom is 0.266 e. The van der Waals surface area contributed by atoms with E-state index in [-0.39, 0.29) is 12.1 Å². The summed E-state index contributed by atoms with van der Waals surface area (Å²) in [4.78, 5) is 6.45. The Labute approximate surface area is 165 Å². The van der Waals surface area contributed by atoms with Crippen LogP contribution in [-0.2, 0) is 6.54 Å². The molecule has 0 spiro atoms. The summed E-state index contributed by atoms with van der Waals surface area (Å²) in [6.45, 7) is 4.51. The van der Waals surface area contributed by atoms with Crippen LogP contribution >= 0.6 is 0 Å². The van der Waals surface area contributed by atoms with Gasteiger partial charge in [0.05, 0.1) is 34.3 Å². The predicted octanol–water partition coefficient (Wildman–Crippen LogP) is 3.59. The van der Waals surface area contributed by atoms with Gasteiger partial charge in [0.2, 0.25) is 0 Å². The van der Waals surface area contributed by atoms with Gasteiger partial charge in [-0.2, -0.15) is 5.10 Å². The van der Waals surface area contributed by atoms with Crippen LogP contribution in [0.4, 0.5) is 24.7 Å². The molecule has 0 radical (unpaired) electrons. The molecule has 3 heterocycles. The van der Waals surface area contributed by atoms with Gasteiger partial charge in [-0.15, -0.1) is 5.10 Å². The van der Waals surface area contributed by atoms with Crippen molar-refractivity contribution in [3.05, 3.63) is 53.1 Å². The highest BCUT2D eigenvalue weighted by atomic mass is 19.3. The lowest BCUT2D eigenvalue weighted by molar-refractivity contribution is 0.0310. The smallest absolute Gasteiger partial charge is 0.266 e. The Morgan fingerprint density at radius 2 is 2.03 bits per heavy atom. The van der Waals surface area contributed by atoms with Crippen LogP contribution in [0.25, 0.3) is 10.9 Å². The highest BCUT2D eigenvalue weighted by molar-refractivity contribution is 5.92. The van der Waals surface area contributed by atoms with Crippen molar-refractivity contribution < 1.29 is 18.3 Å². The number of pyridine rings is 1. The van der Waals surface area contributed by atoms with Crippen LogP contribution in [0.2, 0.25) is 0 Å². The summed E-state index contributed by atoms with van der Waals surface area (Å²) in [5.74, 6) is -0.546. The highest BCUT2D eigenvalue weighted by Crippen LogP contribution is 2.31. The molecule has 2 aromatic heterocycles. The summed E-state index contributed by atoms with van der Waals surface area (Å²) in [7, 11) is 0. The summed E-state index contributed by atoms with van der Waals surface area (Å²) >= 11 is 0. The number of nitrogens with one attached hydrogen (secondary N) is 1. The molecule has 1 fully saturated rings. The molecule has 0 atom stereocenters. The number of fused-ring (bicyclic) bond motifs is 1. The highest BCUT2D eigenvalue weighted by Gasteiger charge is 2.36. The maximum atomic E-state index is 14.3. The average Bonchev–Trinajstić information content (AvgIpc) is 2.66. The van der Waals surface area contributed by atoms with E-state index < -0.39 is 23.4 Å². The Hall–Kier alpha value is -2.94. The molecule has 29 heavy (non-hydrogen) atoms. The van der Waals surface area contributed by atoms with Gasteiger partial charge in [0.25, 0.3) is 6.43 Å². The fraction of sp³-hybridized carbons (Fsp3) is 0.350. The van der Waals surface area contributed by atoms with E-state index in [0.717, 1.165) is 11.8 Å². The number of halogens is 3. The molecule has 1 saturated heterocycles. The number of hydrogen-bond donors (Lipinski definition) is 2. The first-order chi connectivity index (χ1) is 13.7. The van der Waals surface area contributed by atoms with Crippen LogP contribution in [0.5, 0.6) is 0 Å². The first-order valence-electron chi connectivity index (χ1n) is 9.15. The molecule has 0 aliphatic carbocycles. The van der Waals surface area contributed by atoms with Gasteiger partial charge in [0, 0.05) is 30.6 Å².